The Balaban J connectivity index is 1.99. The zero-order valence-electron chi connectivity index (χ0n) is 14.8. The molecule has 0 saturated heterocycles. The molecule has 2 rings (SSSR count). The van der Waals surface area contributed by atoms with E-state index in [1.165, 1.54) is 11.1 Å². The van der Waals surface area contributed by atoms with Gasteiger partial charge in [0.25, 0.3) is 0 Å². The lowest BCUT2D eigenvalue weighted by atomic mass is 9.95. The second-order valence-electron chi connectivity index (χ2n) is 6.20. The van der Waals surface area contributed by atoms with Gasteiger partial charge in [-0.25, -0.2) is 0 Å². The normalized spacial score (nSPS) is 17.8. The third-order valence-electron chi connectivity index (χ3n) is 4.24. The van der Waals surface area contributed by atoms with Crippen molar-refractivity contribution in [2.45, 2.75) is 38.7 Å². The summed E-state index contributed by atoms with van der Waals surface area (Å²) in [6.07, 6.45) is 8.61. The van der Waals surface area contributed by atoms with Crippen LogP contribution in [0.2, 0.25) is 0 Å². The molecule has 1 heterocycles. The summed E-state index contributed by atoms with van der Waals surface area (Å²) in [5, 5.41) is 9.40. The first-order valence-electron chi connectivity index (χ1n) is 8.61. The lowest BCUT2D eigenvalue weighted by Gasteiger charge is -2.17. The van der Waals surface area contributed by atoms with Crippen LogP contribution >= 0.6 is 0 Å². The minimum Gasteiger partial charge on any atom is -0.508 e. The van der Waals surface area contributed by atoms with E-state index in [1.54, 1.807) is 19.2 Å². The fourth-order valence-corrected chi connectivity index (χ4v) is 3.06. The molecule has 24 heavy (non-hydrogen) atoms. The number of phenolic OH excluding ortho intramolecular Hbond substituents is 1. The fourth-order valence-electron chi connectivity index (χ4n) is 3.06. The van der Waals surface area contributed by atoms with Gasteiger partial charge in [-0.05, 0) is 48.1 Å². The Morgan fingerprint density at radius 1 is 1.33 bits per heavy atom. The molecular weight excluding hydrogens is 300 g/mol. The average molecular weight is 328 g/mol. The molecule has 1 aromatic carbocycles. The van der Waals surface area contributed by atoms with Crippen molar-refractivity contribution in [1.82, 2.24) is 0 Å². The molecule has 3 heteroatoms. The highest BCUT2D eigenvalue weighted by molar-refractivity contribution is 5.54. The van der Waals surface area contributed by atoms with Crippen LogP contribution in [0.5, 0.6) is 5.75 Å². The number of hydrogen-bond donors (Lipinski definition) is 1. The Labute approximate surface area is 145 Å². The van der Waals surface area contributed by atoms with Crippen molar-refractivity contribution in [2.75, 3.05) is 20.3 Å². The van der Waals surface area contributed by atoms with E-state index in [0.29, 0.717) is 19.0 Å². The highest BCUT2D eigenvalue weighted by atomic mass is 16.5. The van der Waals surface area contributed by atoms with Crippen LogP contribution in [0.1, 0.15) is 38.2 Å². The molecule has 130 valence electrons. The van der Waals surface area contributed by atoms with E-state index < -0.39 is 0 Å². The van der Waals surface area contributed by atoms with Gasteiger partial charge in [-0.2, -0.15) is 0 Å². The number of methoxy groups -OCH3 is 1. The third-order valence-corrected chi connectivity index (χ3v) is 4.24. The number of aromatic hydroxyl groups is 1. The van der Waals surface area contributed by atoms with Crippen molar-refractivity contribution in [3.8, 4) is 5.75 Å². The predicted octanol–water partition coefficient (Wildman–Crippen LogP) is 4.88. The van der Waals surface area contributed by atoms with Crippen LogP contribution in [0.15, 0.2) is 53.6 Å². The standard InChI is InChI=1S/C21H28O3/c1-4-5-17(14-18-6-9-19(22)10-7-18)8-11-21-20(12-13-24-21)16(2)15-23-3/h6-7,9-10,12,14,21-22H,2,4-5,8,11,13,15H2,1,3H3/b17-14+. The van der Waals surface area contributed by atoms with Gasteiger partial charge in [-0.1, -0.05) is 49.8 Å². The Hall–Kier alpha value is -1.84. The smallest absolute Gasteiger partial charge is 0.115 e. The second kappa shape index (κ2) is 9.45. The summed E-state index contributed by atoms with van der Waals surface area (Å²) in [5.41, 5.74) is 4.75. The molecule has 3 nitrogen and oxygen atoms in total. The number of phenols is 1. The van der Waals surface area contributed by atoms with E-state index in [9.17, 15) is 5.11 Å². The Kier molecular flexibility index (Phi) is 7.29. The minimum atomic E-state index is 0.118. The summed E-state index contributed by atoms with van der Waals surface area (Å²) < 4.78 is 11.0. The molecule has 0 spiro atoms. The number of rotatable bonds is 9. The fraction of sp³-hybridized carbons (Fsp3) is 0.429. The van der Waals surface area contributed by atoms with Crippen LogP contribution < -0.4 is 0 Å². The molecular formula is C21H28O3. The lowest BCUT2D eigenvalue weighted by Crippen LogP contribution is -2.13. The first-order chi connectivity index (χ1) is 11.6. The molecule has 0 bridgehead atoms. The molecule has 0 radical (unpaired) electrons. The first kappa shape index (κ1) is 18.5. The maximum Gasteiger partial charge on any atom is 0.115 e. The van der Waals surface area contributed by atoms with Gasteiger partial charge in [0.2, 0.25) is 0 Å². The molecule has 1 aliphatic heterocycles. The van der Waals surface area contributed by atoms with Crippen molar-refractivity contribution >= 4 is 6.08 Å². The molecule has 0 saturated carbocycles. The second-order valence-corrected chi connectivity index (χ2v) is 6.20. The van der Waals surface area contributed by atoms with Gasteiger partial charge in [-0.15, -0.1) is 0 Å². The van der Waals surface area contributed by atoms with E-state index >= 15 is 0 Å². The molecule has 1 aliphatic rings. The molecule has 0 amide bonds. The Morgan fingerprint density at radius 2 is 2.08 bits per heavy atom. The highest BCUT2D eigenvalue weighted by Crippen LogP contribution is 2.28. The lowest BCUT2D eigenvalue weighted by molar-refractivity contribution is 0.115. The van der Waals surface area contributed by atoms with Crippen LogP contribution in [0.25, 0.3) is 6.08 Å². The average Bonchev–Trinajstić information content (AvgIpc) is 3.04. The molecule has 0 aromatic heterocycles. The summed E-state index contributed by atoms with van der Waals surface area (Å²) >= 11 is 0. The Morgan fingerprint density at radius 3 is 2.75 bits per heavy atom. The van der Waals surface area contributed by atoms with Gasteiger partial charge in [0.1, 0.15) is 5.75 Å². The molecule has 0 aliphatic carbocycles. The van der Waals surface area contributed by atoms with Gasteiger partial charge in [0.05, 0.1) is 19.3 Å². The van der Waals surface area contributed by atoms with Crippen LogP contribution in [0, 0.1) is 0 Å². The van der Waals surface area contributed by atoms with Gasteiger partial charge in [0, 0.05) is 7.11 Å². The summed E-state index contributed by atoms with van der Waals surface area (Å²) in [4.78, 5) is 0. The number of ether oxygens (including phenoxy) is 2. The van der Waals surface area contributed by atoms with E-state index in [1.807, 2.05) is 12.1 Å². The summed E-state index contributed by atoms with van der Waals surface area (Å²) in [7, 11) is 1.69. The summed E-state index contributed by atoms with van der Waals surface area (Å²) in [6.45, 7) is 7.51. The van der Waals surface area contributed by atoms with E-state index in [-0.39, 0.29) is 6.10 Å². The van der Waals surface area contributed by atoms with Crippen molar-refractivity contribution in [1.29, 1.82) is 0 Å². The van der Waals surface area contributed by atoms with Gasteiger partial charge < -0.3 is 14.6 Å². The number of hydrogen-bond acceptors (Lipinski definition) is 3. The van der Waals surface area contributed by atoms with Crippen molar-refractivity contribution in [2.24, 2.45) is 0 Å². The largest absolute Gasteiger partial charge is 0.508 e. The quantitative estimate of drug-likeness (QED) is 0.702. The van der Waals surface area contributed by atoms with Crippen LogP contribution in [0.4, 0.5) is 0 Å². The van der Waals surface area contributed by atoms with Crippen LogP contribution in [0.3, 0.4) is 0 Å². The number of allylic oxidation sites excluding steroid dienone is 1. The van der Waals surface area contributed by atoms with Gasteiger partial charge >= 0.3 is 0 Å². The van der Waals surface area contributed by atoms with Crippen molar-refractivity contribution in [3.05, 3.63) is 59.2 Å². The van der Waals surface area contributed by atoms with Crippen molar-refractivity contribution in [3.63, 3.8) is 0 Å². The molecule has 1 atom stereocenters. The van der Waals surface area contributed by atoms with Crippen molar-refractivity contribution < 1.29 is 14.6 Å². The van der Waals surface area contributed by atoms with E-state index in [0.717, 1.165) is 36.8 Å². The third kappa shape index (κ3) is 5.36. The zero-order chi connectivity index (χ0) is 17.4. The molecule has 1 aromatic rings. The van der Waals surface area contributed by atoms with Crippen LogP contribution in [-0.4, -0.2) is 31.5 Å². The first-order valence-corrected chi connectivity index (χ1v) is 8.61. The molecule has 1 unspecified atom stereocenters. The minimum absolute atomic E-state index is 0.118. The topological polar surface area (TPSA) is 38.7 Å². The summed E-state index contributed by atoms with van der Waals surface area (Å²) in [6, 6.07) is 7.35. The van der Waals surface area contributed by atoms with Crippen LogP contribution in [-0.2, 0) is 9.47 Å². The summed E-state index contributed by atoms with van der Waals surface area (Å²) in [5.74, 6) is 0.301. The maximum atomic E-state index is 9.40. The zero-order valence-corrected chi connectivity index (χ0v) is 14.8. The van der Waals surface area contributed by atoms with E-state index in [2.05, 4.69) is 25.7 Å². The van der Waals surface area contributed by atoms with E-state index in [4.69, 9.17) is 9.47 Å². The predicted molar refractivity (Wildman–Crippen MR) is 99.1 cm³/mol. The highest BCUT2D eigenvalue weighted by Gasteiger charge is 2.22. The number of benzene rings is 1. The monoisotopic (exact) mass is 328 g/mol. The molecule has 1 N–H and O–H groups in total. The Bertz CT molecular complexity index is 596. The molecule has 0 fully saturated rings. The van der Waals surface area contributed by atoms with Gasteiger partial charge in [0.15, 0.2) is 0 Å². The SMILES string of the molecule is C=C(COC)C1=CCOC1CC/C(=C/c1ccc(O)cc1)CCC. The van der Waals surface area contributed by atoms with Gasteiger partial charge in [-0.3, -0.25) is 0 Å². The maximum absolute atomic E-state index is 9.40.